The lowest BCUT2D eigenvalue weighted by Crippen LogP contribution is -2.37. The molecule has 0 radical (unpaired) electrons. The first-order chi connectivity index (χ1) is 9.18. The number of thiophene rings is 1. The molecule has 0 unspecified atom stereocenters. The maximum atomic E-state index is 12.4. The fraction of sp³-hybridized carbons (Fsp3) is 0.417. The Kier molecular flexibility index (Phi) is 3.42. The highest BCUT2D eigenvalue weighted by Gasteiger charge is 2.31. The van der Waals surface area contributed by atoms with Crippen LogP contribution in [-0.4, -0.2) is 35.8 Å². The zero-order valence-corrected chi connectivity index (χ0v) is 12.0. The van der Waals surface area contributed by atoms with Crippen LogP contribution in [0.1, 0.15) is 24.6 Å². The van der Waals surface area contributed by atoms with Crippen molar-refractivity contribution in [1.82, 2.24) is 14.3 Å². The molecule has 2 aromatic heterocycles. The maximum absolute atomic E-state index is 12.4. The van der Waals surface area contributed by atoms with Crippen molar-refractivity contribution in [2.45, 2.75) is 23.0 Å². The van der Waals surface area contributed by atoms with Crippen LogP contribution in [0, 0.1) is 0 Å². The predicted molar refractivity (Wildman–Crippen MR) is 73.6 cm³/mol. The Hall–Kier alpha value is -1.18. The molecule has 1 aliphatic rings. The summed E-state index contributed by atoms with van der Waals surface area (Å²) < 4.78 is 26.7. The van der Waals surface area contributed by atoms with Crippen LogP contribution < -0.4 is 0 Å². The Bertz CT molecular complexity index is 612. The minimum absolute atomic E-state index is 0.338. The van der Waals surface area contributed by atoms with Gasteiger partial charge in [0.15, 0.2) is 0 Å². The zero-order chi connectivity index (χ0) is 13.3. The molecule has 0 saturated carbocycles. The highest BCUT2D eigenvalue weighted by atomic mass is 32.2. The molecule has 5 nitrogen and oxygen atoms in total. The van der Waals surface area contributed by atoms with Crippen molar-refractivity contribution in [2.75, 3.05) is 13.1 Å². The van der Waals surface area contributed by atoms with Crippen LogP contribution in [-0.2, 0) is 10.0 Å². The van der Waals surface area contributed by atoms with E-state index in [1.165, 1.54) is 11.3 Å². The van der Waals surface area contributed by atoms with Crippen LogP contribution in [0.2, 0.25) is 0 Å². The van der Waals surface area contributed by atoms with Crippen molar-refractivity contribution in [1.29, 1.82) is 0 Å². The molecule has 1 N–H and O–H groups in total. The molecule has 102 valence electrons. The number of aromatic amines is 1. The van der Waals surface area contributed by atoms with Crippen LogP contribution in [0.4, 0.5) is 0 Å². The molecule has 2 aromatic rings. The second-order valence-corrected chi connectivity index (χ2v) is 7.70. The van der Waals surface area contributed by atoms with Crippen molar-refractivity contribution in [3.63, 3.8) is 0 Å². The second-order valence-electron chi connectivity index (χ2n) is 4.58. The average Bonchev–Trinajstić information content (AvgIpc) is 3.12. The number of H-pyrrole nitrogens is 1. The first kappa shape index (κ1) is 12.8. The van der Waals surface area contributed by atoms with E-state index in [2.05, 4.69) is 9.97 Å². The maximum Gasteiger partial charge on any atom is 0.252 e. The lowest BCUT2D eigenvalue weighted by atomic mass is 9.98. The summed E-state index contributed by atoms with van der Waals surface area (Å²) in [6, 6.07) is 3.44. The summed E-state index contributed by atoms with van der Waals surface area (Å²) in [4.78, 5) is 7.37. The van der Waals surface area contributed by atoms with Gasteiger partial charge >= 0.3 is 0 Å². The third kappa shape index (κ3) is 2.45. The Balaban J connectivity index is 1.71. The first-order valence-electron chi connectivity index (χ1n) is 6.21. The van der Waals surface area contributed by atoms with Gasteiger partial charge in [-0.15, -0.1) is 11.3 Å². The van der Waals surface area contributed by atoms with E-state index in [1.807, 2.05) is 6.20 Å². The third-order valence-electron chi connectivity index (χ3n) is 3.45. The summed E-state index contributed by atoms with van der Waals surface area (Å²) in [5.41, 5.74) is 0. The molecule has 1 aliphatic heterocycles. The van der Waals surface area contributed by atoms with Crippen molar-refractivity contribution >= 4 is 21.4 Å². The van der Waals surface area contributed by atoms with E-state index in [1.54, 1.807) is 28.0 Å². The number of hydrogen-bond donors (Lipinski definition) is 1. The summed E-state index contributed by atoms with van der Waals surface area (Å²) in [6.07, 6.45) is 5.18. The molecule has 0 bridgehead atoms. The van der Waals surface area contributed by atoms with Gasteiger partial charge in [0, 0.05) is 31.4 Å². The number of nitrogens with zero attached hydrogens (tertiary/aromatic N) is 2. The number of aromatic nitrogens is 2. The molecule has 19 heavy (non-hydrogen) atoms. The monoisotopic (exact) mass is 297 g/mol. The Morgan fingerprint density at radius 2 is 2.16 bits per heavy atom. The molecule has 3 heterocycles. The Labute approximate surface area is 116 Å². The molecule has 7 heteroatoms. The highest BCUT2D eigenvalue weighted by molar-refractivity contribution is 7.91. The van der Waals surface area contributed by atoms with E-state index in [-0.39, 0.29) is 0 Å². The molecule has 0 spiro atoms. The number of nitrogens with one attached hydrogen (secondary N) is 1. The quantitative estimate of drug-likeness (QED) is 0.943. The van der Waals surface area contributed by atoms with Gasteiger partial charge in [-0.3, -0.25) is 0 Å². The Morgan fingerprint density at radius 1 is 1.37 bits per heavy atom. The molecule has 0 atom stereocenters. The fourth-order valence-electron chi connectivity index (χ4n) is 2.41. The van der Waals surface area contributed by atoms with Gasteiger partial charge in [0.1, 0.15) is 10.0 Å². The molecule has 1 saturated heterocycles. The lowest BCUT2D eigenvalue weighted by molar-refractivity contribution is 0.315. The zero-order valence-electron chi connectivity index (χ0n) is 10.3. The van der Waals surface area contributed by atoms with Crippen LogP contribution in [0.25, 0.3) is 0 Å². The van der Waals surface area contributed by atoms with E-state index in [0.29, 0.717) is 23.2 Å². The van der Waals surface area contributed by atoms with E-state index in [9.17, 15) is 8.42 Å². The van der Waals surface area contributed by atoms with Crippen molar-refractivity contribution in [3.8, 4) is 0 Å². The fourth-order valence-corrected chi connectivity index (χ4v) is 5.02. The van der Waals surface area contributed by atoms with E-state index < -0.39 is 10.0 Å². The van der Waals surface area contributed by atoms with Crippen LogP contribution in [0.5, 0.6) is 0 Å². The SMILES string of the molecule is O=S(=O)(c1cccs1)N1CCC(c2ncc[nH]2)CC1. The van der Waals surface area contributed by atoms with Crippen molar-refractivity contribution in [3.05, 3.63) is 35.7 Å². The topological polar surface area (TPSA) is 66.1 Å². The Morgan fingerprint density at radius 3 is 2.74 bits per heavy atom. The molecule has 3 rings (SSSR count). The molecule has 0 amide bonds. The summed E-state index contributed by atoms with van der Waals surface area (Å²) >= 11 is 1.27. The number of piperidine rings is 1. The molecular formula is C12H15N3O2S2. The summed E-state index contributed by atoms with van der Waals surface area (Å²) in [6.45, 7) is 1.12. The minimum atomic E-state index is -3.29. The van der Waals surface area contributed by atoms with Gasteiger partial charge in [0.2, 0.25) is 0 Å². The number of imidazole rings is 1. The van der Waals surface area contributed by atoms with Gasteiger partial charge < -0.3 is 4.98 Å². The minimum Gasteiger partial charge on any atom is -0.348 e. The van der Waals surface area contributed by atoms with Crippen molar-refractivity contribution < 1.29 is 8.42 Å². The van der Waals surface area contributed by atoms with Gasteiger partial charge in [-0.1, -0.05) is 6.07 Å². The normalized spacial score (nSPS) is 18.7. The van der Waals surface area contributed by atoms with Gasteiger partial charge in [-0.2, -0.15) is 4.31 Å². The standard InChI is InChI=1S/C12H15N3O2S2/c16-19(17,11-2-1-9-18-11)15-7-3-10(4-8-15)12-13-5-6-14-12/h1-2,5-6,9-10H,3-4,7-8H2,(H,13,14). The van der Waals surface area contributed by atoms with Crippen LogP contribution in [0.3, 0.4) is 0 Å². The number of sulfonamides is 1. The van der Waals surface area contributed by atoms with Crippen LogP contribution in [0.15, 0.2) is 34.1 Å². The molecule has 0 aliphatic carbocycles. The third-order valence-corrected chi connectivity index (χ3v) is 6.72. The van der Waals surface area contributed by atoms with E-state index in [4.69, 9.17) is 0 Å². The second kappa shape index (κ2) is 5.07. The highest BCUT2D eigenvalue weighted by Crippen LogP contribution is 2.29. The van der Waals surface area contributed by atoms with Gasteiger partial charge in [0.05, 0.1) is 0 Å². The van der Waals surface area contributed by atoms with Gasteiger partial charge in [0.25, 0.3) is 10.0 Å². The smallest absolute Gasteiger partial charge is 0.252 e. The number of rotatable bonds is 3. The first-order valence-corrected chi connectivity index (χ1v) is 8.53. The van der Waals surface area contributed by atoms with Crippen molar-refractivity contribution in [2.24, 2.45) is 0 Å². The average molecular weight is 297 g/mol. The number of hydrogen-bond acceptors (Lipinski definition) is 4. The largest absolute Gasteiger partial charge is 0.348 e. The summed E-state index contributed by atoms with van der Waals surface area (Å²) in [5, 5.41) is 1.79. The van der Waals surface area contributed by atoms with E-state index >= 15 is 0 Å². The predicted octanol–water partition coefficient (Wildman–Crippen LogP) is 2.04. The van der Waals surface area contributed by atoms with Crippen LogP contribution >= 0.6 is 11.3 Å². The van der Waals surface area contributed by atoms with Gasteiger partial charge in [-0.05, 0) is 24.3 Å². The van der Waals surface area contributed by atoms with Gasteiger partial charge in [-0.25, -0.2) is 13.4 Å². The summed E-state index contributed by atoms with van der Waals surface area (Å²) in [7, 11) is -3.29. The molecule has 1 fully saturated rings. The molecule has 0 aromatic carbocycles. The lowest BCUT2D eigenvalue weighted by Gasteiger charge is -2.29. The van der Waals surface area contributed by atoms with E-state index in [0.717, 1.165) is 18.7 Å². The summed E-state index contributed by atoms with van der Waals surface area (Å²) in [5.74, 6) is 1.30. The molecular weight excluding hydrogens is 282 g/mol.